The minimum absolute atomic E-state index is 0.627. The average molecular weight is 718 g/mol. The smallest absolute Gasteiger partial charge is 0.161 e. The summed E-state index contributed by atoms with van der Waals surface area (Å²) in [4.78, 5) is 12.9. The van der Waals surface area contributed by atoms with E-state index < -0.39 is 0 Å². The lowest BCUT2D eigenvalue weighted by Crippen LogP contribution is -2.10. The van der Waals surface area contributed by atoms with Crippen molar-refractivity contribution in [3.8, 4) is 56.2 Å². The van der Waals surface area contributed by atoms with E-state index in [1.807, 2.05) is 60.7 Å². The maximum absolute atomic E-state index is 6.68. The standard InChI is InChI=1S/C52H35N3O/c1-5-15-36(16-6-1)38-25-29-42(30-26-38)55(43-31-27-39(28-32-43)37-17-7-2-8-18-37)44-33-46(51-45-23-13-14-24-49(45)56-50(51)34-44)52-53-47(40-19-9-3-10-20-40)35-48(54-52)41-21-11-4-12-22-41/h1-35H. The van der Waals surface area contributed by atoms with E-state index in [9.17, 15) is 0 Å². The van der Waals surface area contributed by atoms with Gasteiger partial charge in [-0.25, -0.2) is 9.97 Å². The number of fused-ring (bicyclic) bond motifs is 3. The summed E-state index contributed by atoms with van der Waals surface area (Å²) in [5.74, 6) is 0.627. The Morgan fingerprint density at radius 1 is 0.339 bits per heavy atom. The summed E-state index contributed by atoms with van der Waals surface area (Å²) in [5, 5.41) is 2.00. The van der Waals surface area contributed by atoms with Crippen LogP contribution in [0.4, 0.5) is 17.1 Å². The first-order valence-corrected chi connectivity index (χ1v) is 18.8. The topological polar surface area (TPSA) is 42.2 Å². The lowest BCUT2D eigenvalue weighted by Gasteiger charge is -2.26. The van der Waals surface area contributed by atoms with Crippen molar-refractivity contribution in [2.75, 3.05) is 4.90 Å². The van der Waals surface area contributed by atoms with Crippen LogP contribution < -0.4 is 4.90 Å². The predicted octanol–water partition coefficient (Wildman–Crippen LogP) is 14.2. The van der Waals surface area contributed by atoms with E-state index >= 15 is 0 Å². The molecular formula is C52H35N3O. The third-order valence-electron chi connectivity index (χ3n) is 10.3. The van der Waals surface area contributed by atoms with Gasteiger partial charge >= 0.3 is 0 Å². The highest BCUT2D eigenvalue weighted by Crippen LogP contribution is 2.44. The first kappa shape index (κ1) is 33.0. The third kappa shape index (κ3) is 6.29. The second-order valence-electron chi connectivity index (χ2n) is 13.8. The highest BCUT2D eigenvalue weighted by molar-refractivity contribution is 6.13. The first-order valence-electron chi connectivity index (χ1n) is 18.8. The molecule has 264 valence electrons. The van der Waals surface area contributed by atoms with E-state index in [0.717, 1.165) is 78.2 Å². The molecule has 2 aromatic heterocycles. The molecule has 0 amide bonds. The van der Waals surface area contributed by atoms with Crippen LogP contribution >= 0.6 is 0 Å². The summed E-state index contributed by atoms with van der Waals surface area (Å²) in [6.07, 6.45) is 0. The summed E-state index contributed by atoms with van der Waals surface area (Å²) in [7, 11) is 0. The summed E-state index contributed by atoms with van der Waals surface area (Å²) >= 11 is 0. The molecule has 0 aliphatic carbocycles. The number of benzene rings is 8. The van der Waals surface area contributed by atoms with Crippen LogP contribution in [0.15, 0.2) is 217 Å². The molecule has 10 aromatic rings. The molecule has 4 nitrogen and oxygen atoms in total. The van der Waals surface area contributed by atoms with Crippen LogP contribution in [0.25, 0.3) is 78.1 Å². The monoisotopic (exact) mass is 717 g/mol. The van der Waals surface area contributed by atoms with Crippen molar-refractivity contribution in [1.29, 1.82) is 0 Å². The zero-order valence-corrected chi connectivity index (χ0v) is 30.5. The number of nitrogens with zero attached hydrogens (tertiary/aromatic N) is 3. The van der Waals surface area contributed by atoms with Crippen molar-refractivity contribution in [3.05, 3.63) is 212 Å². The van der Waals surface area contributed by atoms with Crippen molar-refractivity contribution in [2.45, 2.75) is 0 Å². The van der Waals surface area contributed by atoms with Crippen LogP contribution in [0, 0.1) is 0 Å². The molecule has 8 aromatic carbocycles. The van der Waals surface area contributed by atoms with Crippen molar-refractivity contribution in [1.82, 2.24) is 9.97 Å². The number of hydrogen-bond donors (Lipinski definition) is 0. The number of para-hydroxylation sites is 1. The zero-order chi connectivity index (χ0) is 37.3. The molecule has 0 N–H and O–H groups in total. The fourth-order valence-corrected chi connectivity index (χ4v) is 7.54. The van der Waals surface area contributed by atoms with E-state index in [0.29, 0.717) is 5.82 Å². The Balaban J connectivity index is 1.21. The van der Waals surface area contributed by atoms with E-state index in [1.165, 1.54) is 11.1 Å². The molecule has 2 heterocycles. The molecule has 0 atom stereocenters. The van der Waals surface area contributed by atoms with Gasteiger partial charge in [-0.05, 0) is 64.7 Å². The van der Waals surface area contributed by atoms with Gasteiger partial charge in [0, 0.05) is 44.9 Å². The van der Waals surface area contributed by atoms with Crippen LogP contribution in [-0.4, -0.2) is 9.97 Å². The fourth-order valence-electron chi connectivity index (χ4n) is 7.54. The zero-order valence-electron chi connectivity index (χ0n) is 30.5. The van der Waals surface area contributed by atoms with Crippen LogP contribution in [0.3, 0.4) is 0 Å². The van der Waals surface area contributed by atoms with Crippen molar-refractivity contribution in [2.24, 2.45) is 0 Å². The van der Waals surface area contributed by atoms with Gasteiger partial charge in [-0.1, -0.05) is 164 Å². The van der Waals surface area contributed by atoms with Crippen molar-refractivity contribution >= 4 is 39.0 Å². The van der Waals surface area contributed by atoms with Gasteiger partial charge in [0.2, 0.25) is 0 Å². The Labute approximate surface area is 325 Å². The van der Waals surface area contributed by atoms with Gasteiger partial charge in [-0.15, -0.1) is 0 Å². The molecule has 0 unspecified atom stereocenters. The van der Waals surface area contributed by atoms with E-state index in [1.54, 1.807) is 0 Å². The number of rotatable bonds is 8. The molecule has 56 heavy (non-hydrogen) atoms. The van der Waals surface area contributed by atoms with Gasteiger partial charge in [-0.2, -0.15) is 0 Å². The van der Waals surface area contributed by atoms with Crippen molar-refractivity contribution in [3.63, 3.8) is 0 Å². The largest absolute Gasteiger partial charge is 0.456 e. The molecule has 0 radical (unpaired) electrons. The Bertz CT molecular complexity index is 2780. The van der Waals surface area contributed by atoms with Crippen LogP contribution in [0.1, 0.15) is 0 Å². The van der Waals surface area contributed by atoms with Crippen LogP contribution in [0.5, 0.6) is 0 Å². The van der Waals surface area contributed by atoms with Gasteiger partial charge in [-0.3, -0.25) is 0 Å². The number of anilines is 3. The van der Waals surface area contributed by atoms with E-state index in [2.05, 4.69) is 157 Å². The highest BCUT2D eigenvalue weighted by atomic mass is 16.3. The fraction of sp³-hybridized carbons (Fsp3) is 0. The second kappa shape index (κ2) is 14.3. The molecule has 0 spiro atoms. The number of aromatic nitrogens is 2. The SMILES string of the molecule is c1ccc(-c2ccc(N(c3ccc(-c4ccccc4)cc3)c3cc(-c4nc(-c5ccccc5)cc(-c5ccccc5)n4)c4c(c3)oc3ccccc34)cc2)cc1. The molecule has 0 fully saturated rings. The summed E-state index contributed by atoms with van der Waals surface area (Å²) < 4.78 is 6.68. The molecule has 0 saturated carbocycles. The van der Waals surface area contributed by atoms with Crippen molar-refractivity contribution < 1.29 is 4.42 Å². The second-order valence-corrected chi connectivity index (χ2v) is 13.8. The van der Waals surface area contributed by atoms with Gasteiger partial charge in [0.05, 0.1) is 17.1 Å². The molecule has 10 rings (SSSR count). The van der Waals surface area contributed by atoms with E-state index in [-0.39, 0.29) is 0 Å². The Morgan fingerprint density at radius 2 is 0.768 bits per heavy atom. The molecule has 0 bridgehead atoms. The minimum Gasteiger partial charge on any atom is -0.456 e. The molecular weight excluding hydrogens is 683 g/mol. The molecule has 4 heteroatoms. The van der Waals surface area contributed by atoms with Gasteiger partial charge in [0.15, 0.2) is 5.82 Å². The molecule has 0 saturated heterocycles. The predicted molar refractivity (Wildman–Crippen MR) is 231 cm³/mol. The lowest BCUT2D eigenvalue weighted by atomic mass is 10.0. The van der Waals surface area contributed by atoms with Gasteiger partial charge in [0.25, 0.3) is 0 Å². The highest BCUT2D eigenvalue weighted by Gasteiger charge is 2.22. The van der Waals surface area contributed by atoms with Gasteiger partial charge in [0.1, 0.15) is 11.2 Å². The minimum atomic E-state index is 0.627. The maximum atomic E-state index is 6.68. The number of furan rings is 1. The Morgan fingerprint density at radius 3 is 1.27 bits per heavy atom. The Kier molecular flexibility index (Phi) is 8.47. The summed E-state index contributed by atoms with van der Waals surface area (Å²) in [6.45, 7) is 0. The Hall–Kier alpha value is -7.56. The summed E-state index contributed by atoms with van der Waals surface area (Å²) in [6, 6.07) is 73.8. The average Bonchev–Trinajstić information content (AvgIpc) is 3.66. The number of hydrogen-bond acceptors (Lipinski definition) is 4. The van der Waals surface area contributed by atoms with Crippen LogP contribution in [-0.2, 0) is 0 Å². The van der Waals surface area contributed by atoms with E-state index in [4.69, 9.17) is 14.4 Å². The first-order chi connectivity index (χ1) is 27.7. The van der Waals surface area contributed by atoms with Crippen LogP contribution in [0.2, 0.25) is 0 Å². The molecule has 0 aliphatic heterocycles. The maximum Gasteiger partial charge on any atom is 0.161 e. The molecule has 0 aliphatic rings. The summed E-state index contributed by atoms with van der Waals surface area (Å²) in [5.41, 5.74) is 13.8. The lowest BCUT2D eigenvalue weighted by molar-refractivity contribution is 0.669. The normalized spacial score (nSPS) is 11.2. The van der Waals surface area contributed by atoms with Gasteiger partial charge < -0.3 is 9.32 Å². The quantitative estimate of drug-likeness (QED) is 0.157. The third-order valence-corrected chi connectivity index (χ3v) is 10.3.